The van der Waals surface area contributed by atoms with Gasteiger partial charge in [0.2, 0.25) is 5.76 Å². The summed E-state index contributed by atoms with van der Waals surface area (Å²) >= 11 is 0. The van der Waals surface area contributed by atoms with Gasteiger partial charge in [0.05, 0.1) is 17.7 Å². The molecule has 0 unspecified atom stereocenters. The van der Waals surface area contributed by atoms with E-state index in [0.717, 1.165) is 10.9 Å². The first-order valence-electron chi connectivity index (χ1n) is 6.09. The quantitative estimate of drug-likeness (QED) is 0.587. The Labute approximate surface area is 118 Å². The van der Waals surface area contributed by atoms with E-state index in [2.05, 4.69) is 0 Å². The van der Waals surface area contributed by atoms with Crippen LogP contribution in [0, 0.1) is 10.1 Å². The van der Waals surface area contributed by atoms with Crippen molar-refractivity contribution in [1.29, 1.82) is 0 Å². The number of nitrogens with zero attached hydrogens (tertiary/aromatic N) is 2. The van der Waals surface area contributed by atoms with Crippen LogP contribution in [0.2, 0.25) is 0 Å². The maximum Gasteiger partial charge on any atom is 0.372 e. The highest BCUT2D eigenvalue weighted by atomic mass is 16.6. The Kier molecular flexibility index (Phi) is 2.94. The molecule has 0 aliphatic heterocycles. The largest absolute Gasteiger partial charge is 0.475 e. The van der Waals surface area contributed by atoms with Crippen molar-refractivity contribution in [3.8, 4) is 0 Å². The minimum absolute atomic E-state index is 0.0230. The number of aromatic nitrogens is 1. The summed E-state index contributed by atoms with van der Waals surface area (Å²) in [4.78, 5) is 21.3. The van der Waals surface area contributed by atoms with Crippen LogP contribution in [0.3, 0.4) is 0 Å². The molecule has 0 bridgehead atoms. The summed E-state index contributed by atoms with van der Waals surface area (Å²) in [6.07, 6.45) is 3.09. The summed E-state index contributed by atoms with van der Waals surface area (Å²) in [6, 6.07) is 7.91. The van der Waals surface area contributed by atoms with Crippen LogP contribution < -0.4 is 0 Å². The number of non-ortho nitro benzene ring substituents is 1. The second-order valence-corrected chi connectivity index (χ2v) is 4.52. The maximum absolute atomic E-state index is 11.0. The zero-order valence-corrected chi connectivity index (χ0v) is 10.7. The van der Waals surface area contributed by atoms with Crippen LogP contribution >= 0.6 is 0 Å². The van der Waals surface area contributed by atoms with Crippen LogP contribution in [0.4, 0.5) is 5.69 Å². The van der Waals surface area contributed by atoms with Gasteiger partial charge in [-0.25, -0.2) is 4.79 Å². The van der Waals surface area contributed by atoms with E-state index in [1.54, 1.807) is 24.4 Å². The fourth-order valence-electron chi connectivity index (χ4n) is 2.27. The molecule has 2 aromatic heterocycles. The fourth-order valence-corrected chi connectivity index (χ4v) is 2.27. The van der Waals surface area contributed by atoms with Gasteiger partial charge in [-0.2, -0.15) is 0 Å². The van der Waals surface area contributed by atoms with Gasteiger partial charge in [0.25, 0.3) is 5.69 Å². The van der Waals surface area contributed by atoms with E-state index in [1.165, 1.54) is 18.4 Å². The SMILES string of the molecule is O=C(O)c1occc1Cn1ccc2cc([N+](=O)[O-])ccc21. The first-order chi connectivity index (χ1) is 10.1. The molecule has 0 aliphatic rings. The summed E-state index contributed by atoms with van der Waals surface area (Å²) in [5.74, 6) is -1.22. The van der Waals surface area contributed by atoms with Gasteiger partial charge in [-0.05, 0) is 18.2 Å². The lowest BCUT2D eigenvalue weighted by Crippen LogP contribution is -2.03. The van der Waals surface area contributed by atoms with Gasteiger partial charge in [0, 0.05) is 34.8 Å². The molecule has 3 rings (SSSR count). The number of hydrogen-bond donors (Lipinski definition) is 1. The first kappa shape index (κ1) is 12.9. The lowest BCUT2D eigenvalue weighted by Gasteiger charge is -2.04. The number of hydrogen-bond acceptors (Lipinski definition) is 4. The average molecular weight is 286 g/mol. The van der Waals surface area contributed by atoms with Crippen molar-refractivity contribution in [2.24, 2.45) is 0 Å². The molecule has 1 aromatic carbocycles. The van der Waals surface area contributed by atoms with Gasteiger partial charge in [-0.3, -0.25) is 10.1 Å². The number of carboxylic acids is 1. The lowest BCUT2D eigenvalue weighted by molar-refractivity contribution is -0.384. The Balaban J connectivity index is 2.00. The number of carboxylic acid groups (broad SMARTS) is 1. The molecule has 7 heteroatoms. The third-order valence-electron chi connectivity index (χ3n) is 3.25. The minimum atomic E-state index is -1.12. The van der Waals surface area contributed by atoms with Crippen molar-refractivity contribution in [2.45, 2.75) is 6.54 Å². The van der Waals surface area contributed by atoms with Gasteiger partial charge in [0.1, 0.15) is 0 Å². The lowest BCUT2D eigenvalue weighted by atomic mass is 10.2. The molecule has 106 valence electrons. The fraction of sp³-hybridized carbons (Fsp3) is 0.0714. The zero-order valence-electron chi connectivity index (χ0n) is 10.7. The topological polar surface area (TPSA) is 98.5 Å². The highest BCUT2D eigenvalue weighted by molar-refractivity contribution is 5.86. The maximum atomic E-state index is 11.0. The molecular weight excluding hydrogens is 276 g/mol. The van der Waals surface area contributed by atoms with E-state index in [4.69, 9.17) is 9.52 Å². The van der Waals surface area contributed by atoms with Crippen LogP contribution in [-0.2, 0) is 6.54 Å². The standard InChI is InChI=1S/C14H10N2O5/c17-14(18)13-10(4-6-21-13)8-15-5-3-9-7-11(16(19)20)1-2-12(9)15/h1-7H,8H2,(H,17,18). The van der Waals surface area contributed by atoms with Gasteiger partial charge >= 0.3 is 5.97 Å². The third-order valence-corrected chi connectivity index (χ3v) is 3.25. The van der Waals surface area contributed by atoms with E-state index < -0.39 is 10.9 Å². The monoisotopic (exact) mass is 286 g/mol. The number of nitro groups is 1. The summed E-state index contributed by atoms with van der Waals surface area (Å²) in [5, 5.41) is 20.5. The summed E-state index contributed by atoms with van der Waals surface area (Å²) in [6.45, 7) is 0.319. The van der Waals surface area contributed by atoms with Gasteiger partial charge in [-0.15, -0.1) is 0 Å². The smallest absolute Gasteiger partial charge is 0.372 e. The van der Waals surface area contributed by atoms with Crippen LogP contribution in [0.1, 0.15) is 16.1 Å². The molecule has 0 radical (unpaired) electrons. The van der Waals surface area contributed by atoms with Crippen molar-refractivity contribution in [1.82, 2.24) is 4.57 Å². The molecule has 7 nitrogen and oxygen atoms in total. The second-order valence-electron chi connectivity index (χ2n) is 4.52. The summed E-state index contributed by atoms with van der Waals surface area (Å²) in [5.41, 5.74) is 1.35. The summed E-state index contributed by atoms with van der Waals surface area (Å²) < 4.78 is 6.75. The van der Waals surface area contributed by atoms with Crippen molar-refractivity contribution >= 4 is 22.6 Å². The van der Waals surface area contributed by atoms with E-state index in [1.807, 2.05) is 4.57 Å². The molecule has 0 aliphatic carbocycles. The van der Waals surface area contributed by atoms with E-state index >= 15 is 0 Å². The molecular formula is C14H10N2O5. The molecule has 0 spiro atoms. The number of nitro benzene ring substituents is 1. The Morgan fingerprint density at radius 1 is 1.33 bits per heavy atom. The van der Waals surface area contributed by atoms with Crippen LogP contribution in [-0.4, -0.2) is 20.6 Å². The first-order valence-corrected chi connectivity index (χ1v) is 6.09. The van der Waals surface area contributed by atoms with E-state index in [-0.39, 0.29) is 11.4 Å². The van der Waals surface area contributed by atoms with Crippen molar-refractivity contribution in [3.05, 3.63) is 64.2 Å². The number of carbonyl (C=O) groups is 1. The highest BCUT2D eigenvalue weighted by Crippen LogP contribution is 2.23. The molecule has 3 aromatic rings. The molecule has 0 saturated heterocycles. The number of benzene rings is 1. The molecule has 2 heterocycles. The molecule has 0 fully saturated rings. The van der Waals surface area contributed by atoms with Crippen molar-refractivity contribution in [2.75, 3.05) is 0 Å². The number of furan rings is 1. The van der Waals surface area contributed by atoms with Crippen LogP contribution in [0.15, 0.2) is 47.2 Å². The van der Waals surface area contributed by atoms with E-state index in [9.17, 15) is 14.9 Å². The van der Waals surface area contributed by atoms with Gasteiger partial charge in [-0.1, -0.05) is 0 Å². The summed E-state index contributed by atoms with van der Waals surface area (Å²) in [7, 11) is 0. The Morgan fingerprint density at radius 2 is 2.14 bits per heavy atom. The molecule has 0 amide bonds. The van der Waals surface area contributed by atoms with Gasteiger partial charge in [0.15, 0.2) is 0 Å². The second kappa shape index (κ2) is 4.78. The number of fused-ring (bicyclic) bond motifs is 1. The Hall–Kier alpha value is -3.09. The highest BCUT2D eigenvalue weighted by Gasteiger charge is 2.15. The molecule has 1 N–H and O–H groups in total. The van der Waals surface area contributed by atoms with Crippen LogP contribution in [0.25, 0.3) is 10.9 Å². The van der Waals surface area contributed by atoms with E-state index in [0.29, 0.717) is 12.1 Å². The Bertz CT molecular complexity index is 846. The van der Waals surface area contributed by atoms with Crippen LogP contribution in [0.5, 0.6) is 0 Å². The number of aromatic carboxylic acids is 1. The Morgan fingerprint density at radius 3 is 2.86 bits per heavy atom. The molecule has 0 atom stereocenters. The van der Waals surface area contributed by atoms with Crippen molar-refractivity contribution in [3.63, 3.8) is 0 Å². The van der Waals surface area contributed by atoms with Gasteiger partial charge < -0.3 is 14.1 Å². The molecule has 21 heavy (non-hydrogen) atoms. The average Bonchev–Trinajstić information content (AvgIpc) is 3.06. The normalized spacial score (nSPS) is 10.9. The predicted octanol–water partition coefficient (Wildman–Crippen LogP) is 2.89. The zero-order chi connectivity index (χ0) is 15.0. The number of rotatable bonds is 4. The predicted molar refractivity (Wildman–Crippen MR) is 73.4 cm³/mol. The van der Waals surface area contributed by atoms with Crippen molar-refractivity contribution < 1.29 is 19.2 Å². The third kappa shape index (κ3) is 2.25. The molecule has 0 saturated carbocycles. The minimum Gasteiger partial charge on any atom is -0.475 e.